The Morgan fingerprint density at radius 2 is 1.93 bits per heavy atom. The van der Waals surface area contributed by atoms with Crippen molar-refractivity contribution in [2.24, 2.45) is 0 Å². The molecule has 0 bridgehead atoms. The van der Waals surface area contributed by atoms with Crippen molar-refractivity contribution in [3.05, 3.63) is 40.9 Å². The number of halogens is 1. The summed E-state index contributed by atoms with van der Waals surface area (Å²) in [4.78, 5) is 22.0. The van der Waals surface area contributed by atoms with E-state index in [1.807, 2.05) is 36.1 Å². The molecule has 2 aromatic rings. The average molecular weight is 434 g/mol. The molecule has 1 amide bonds. The Balaban J connectivity index is 1.72. The number of morpholine rings is 1. The molecule has 0 unspecified atom stereocenters. The molecule has 0 N–H and O–H groups in total. The van der Waals surface area contributed by atoms with Gasteiger partial charge in [0.1, 0.15) is 5.82 Å². The number of hydrogen-bond acceptors (Lipinski definition) is 5. The SMILES string of the molecule is CCCCCCN(CCN1CCOCC1)C(=O)c1nc(C)n(-c2ccccc2Cl)n1. The van der Waals surface area contributed by atoms with Crippen LogP contribution in [0.2, 0.25) is 5.02 Å². The Morgan fingerprint density at radius 1 is 1.17 bits per heavy atom. The van der Waals surface area contributed by atoms with Gasteiger partial charge in [0.05, 0.1) is 23.9 Å². The molecule has 1 fully saturated rings. The van der Waals surface area contributed by atoms with Crippen molar-refractivity contribution in [2.75, 3.05) is 45.9 Å². The molecule has 8 heteroatoms. The van der Waals surface area contributed by atoms with Gasteiger partial charge in [-0.25, -0.2) is 9.67 Å². The first kappa shape index (κ1) is 22.7. The summed E-state index contributed by atoms with van der Waals surface area (Å²) in [5, 5.41) is 5.07. The van der Waals surface area contributed by atoms with Gasteiger partial charge in [0.15, 0.2) is 0 Å². The monoisotopic (exact) mass is 433 g/mol. The van der Waals surface area contributed by atoms with Crippen molar-refractivity contribution < 1.29 is 9.53 Å². The van der Waals surface area contributed by atoms with Crippen molar-refractivity contribution in [1.29, 1.82) is 0 Å². The van der Waals surface area contributed by atoms with Crippen LogP contribution in [0.15, 0.2) is 24.3 Å². The summed E-state index contributed by atoms with van der Waals surface area (Å²) < 4.78 is 7.07. The van der Waals surface area contributed by atoms with E-state index in [-0.39, 0.29) is 11.7 Å². The predicted molar refractivity (Wildman–Crippen MR) is 118 cm³/mol. The van der Waals surface area contributed by atoms with Crippen molar-refractivity contribution in [2.45, 2.75) is 39.5 Å². The summed E-state index contributed by atoms with van der Waals surface area (Å²) in [5.74, 6) is 0.754. The fraction of sp³-hybridized carbons (Fsp3) is 0.591. The molecule has 0 radical (unpaired) electrons. The molecule has 3 rings (SSSR count). The van der Waals surface area contributed by atoms with Gasteiger partial charge in [-0.3, -0.25) is 9.69 Å². The number of ether oxygens (including phenoxy) is 1. The van der Waals surface area contributed by atoms with Gasteiger partial charge in [0.25, 0.3) is 5.91 Å². The highest BCUT2D eigenvalue weighted by Gasteiger charge is 2.23. The summed E-state index contributed by atoms with van der Waals surface area (Å²) in [6.07, 6.45) is 4.47. The Hall–Kier alpha value is -1.96. The van der Waals surface area contributed by atoms with Crippen LogP contribution in [-0.4, -0.2) is 76.4 Å². The lowest BCUT2D eigenvalue weighted by Gasteiger charge is -2.29. The second-order valence-electron chi connectivity index (χ2n) is 7.65. The number of aromatic nitrogens is 3. The number of rotatable bonds is 10. The van der Waals surface area contributed by atoms with Gasteiger partial charge in [-0.2, -0.15) is 0 Å². The molecule has 1 aromatic carbocycles. The molecule has 164 valence electrons. The average Bonchev–Trinajstić information content (AvgIpc) is 3.15. The molecule has 1 aliphatic heterocycles. The van der Waals surface area contributed by atoms with Crippen LogP contribution in [-0.2, 0) is 4.74 Å². The molecule has 0 atom stereocenters. The minimum atomic E-state index is -0.117. The maximum Gasteiger partial charge on any atom is 0.293 e. The number of unbranched alkanes of at least 4 members (excludes halogenated alkanes) is 3. The third-order valence-electron chi connectivity index (χ3n) is 5.40. The third-order valence-corrected chi connectivity index (χ3v) is 5.72. The smallest absolute Gasteiger partial charge is 0.293 e. The van der Waals surface area contributed by atoms with Gasteiger partial charge in [-0.15, -0.1) is 5.10 Å². The highest BCUT2D eigenvalue weighted by Crippen LogP contribution is 2.20. The quantitative estimate of drug-likeness (QED) is 0.536. The zero-order chi connectivity index (χ0) is 21.3. The van der Waals surface area contributed by atoms with Gasteiger partial charge < -0.3 is 9.64 Å². The first-order chi connectivity index (χ1) is 14.6. The summed E-state index contributed by atoms with van der Waals surface area (Å²) in [7, 11) is 0. The van der Waals surface area contributed by atoms with Crippen molar-refractivity contribution in [1.82, 2.24) is 24.6 Å². The maximum atomic E-state index is 13.3. The van der Waals surface area contributed by atoms with E-state index in [9.17, 15) is 4.79 Å². The van der Waals surface area contributed by atoms with Gasteiger partial charge >= 0.3 is 0 Å². The second kappa shape index (κ2) is 11.4. The number of carbonyl (C=O) groups is 1. The van der Waals surface area contributed by atoms with Crippen LogP contribution in [0.25, 0.3) is 5.69 Å². The van der Waals surface area contributed by atoms with Gasteiger partial charge in [-0.1, -0.05) is 49.9 Å². The number of hydrogen-bond donors (Lipinski definition) is 0. The Kier molecular flexibility index (Phi) is 8.66. The number of benzene rings is 1. The molecule has 0 spiro atoms. The number of carbonyl (C=O) groups excluding carboxylic acids is 1. The van der Waals surface area contributed by atoms with Crippen molar-refractivity contribution in [3.8, 4) is 5.69 Å². The fourth-order valence-corrected chi connectivity index (χ4v) is 3.82. The lowest BCUT2D eigenvalue weighted by Crippen LogP contribution is -2.43. The summed E-state index contributed by atoms with van der Waals surface area (Å²) in [6, 6.07) is 7.45. The van der Waals surface area contributed by atoms with E-state index in [0.29, 0.717) is 17.4 Å². The minimum Gasteiger partial charge on any atom is -0.379 e. The fourth-order valence-electron chi connectivity index (χ4n) is 3.61. The van der Waals surface area contributed by atoms with Gasteiger partial charge in [-0.05, 0) is 25.5 Å². The van der Waals surface area contributed by atoms with Crippen molar-refractivity contribution in [3.63, 3.8) is 0 Å². The summed E-state index contributed by atoms with van der Waals surface area (Å²) in [5.41, 5.74) is 0.728. The maximum absolute atomic E-state index is 13.3. The first-order valence-corrected chi connectivity index (χ1v) is 11.3. The molecular formula is C22H32ClN5O2. The zero-order valence-electron chi connectivity index (χ0n) is 18.0. The largest absolute Gasteiger partial charge is 0.379 e. The third kappa shape index (κ3) is 6.03. The van der Waals surface area contributed by atoms with E-state index in [4.69, 9.17) is 16.3 Å². The van der Waals surface area contributed by atoms with E-state index < -0.39 is 0 Å². The molecule has 0 aliphatic carbocycles. The van der Waals surface area contributed by atoms with Crippen LogP contribution < -0.4 is 0 Å². The van der Waals surface area contributed by atoms with E-state index in [2.05, 4.69) is 21.9 Å². The highest BCUT2D eigenvalue weighted by atomic mass is 35.5. The molecule has 30 heavy (non-hydrogen) atoms. The highest BCUT2D eigenvalue weighted by molar-refractivity contribution is 6.32. The predicted octanol–water partition coefficient (Wildman–Crippen LogP) is 3.58. The molecular weight excluding hydrogens is 402 g/mol. The Bertz CT molecular complexity index is 820. The molecule has 2 heterocycles. The number of para-hydroxylation sites is 1. The molecule has 1 aliphatic rings. The van der Waals surface area contributed by atoms with Crippen molar-refractivity contribution >= 4 is 17.5 Å². The topological polar surface area (TPSA) is 63.5 Å². The van der Waals surface area contributed by atoms with Gasteiger partial charge in [0.2, 0.25) is 5.82 Å². The lowest BCUT2D eigenvalue weighted by molar-refractivity contribution is 0.0322. The number of aryl methyl sites for hydroxylation is 1. The van der Waals surface area contributed by atoms with E-state index in [1.54, 1.807) is 4.68 Å². The molecule has 0 saturated carbocycles. The summed E-state index contributed by atoms with van der Waals surface area (Å²) in [6.45, 7) is 9.61. The lowest BCUT2D eigenvalue weighted by atomic mass is 10.2. The van der Waals surface area contributed by atoms with Crippen LogP contribution >= 0.6 is 11.6 Å². The number of nitrogens with zero attached hydrogens (tertiary/aromatic N) is 5. The van der Waals surface area contributed by atoms with Crippen LogP contribution in [0.4, 0.5) is 0 Å². The molecule has 1 saturated heterocycles. The first-order valence-electron chi connectivity index (χ1n) is 10.9. The summed E-state index contributed by atoms with van der Waals surface area (Å²) >= 11 is 6.32. The number of amides is 1. The van der Waals surface area contributed by atoms with E-state index >= 15 is 0 Å². The van der Waals surface area contributed by atoms with Crippen LogP contribution in [0, 0.1) is 6.92 Å². The normalized spacial score (nSPS) is 14.8. The molecule has 1 aromatic heterocycles. The second-order valence-corrected chi connectivity index (χ2v) is 8.06. The van der Waals surface area contributed by atoms with E-state index in [1.165, 1.54) is 12.8 Å². The zero-order valence-corrected chi connectivity index (χ0v) is 18.8. The van der Waals surface area contributed by atoms with E-state index in [0.717, 1.165) is 57.9 Å². The van der Waals surface area contributed by atoms with Crippen LogP contribution in [0.5, 0.6) is 0 Å². The Labute approximate surface area is 184 Å². The van der Waals surface area contributed by atoms with Gasteiger partial charge in [0, 0.05) is 32.7 Å². The van der Waals surface area contributed by atoms with Crippen LogP contribution in [0.1, 0.15) is 49.1 Å². The molecule has 7 nitrogen and oxygen atoms in total. The standard InChI is InChI=1S/C22H32ClN5O2/c1-3-4-5-8-11-27(13-12-26-14-16-30-17-15-26)22(29)21-24-18(2)28(25-21)20-10-7-6-9-19(20)23/h6-7,9-10H,3-5,8,11-17H2,1-2H3. The Morgan fingerprint density at radius 3 is 2.67 bits per heavy atom. The minimum absolute atomic E-state index is 0.117. The van der Waals surface area contributed by atoms with Crippen LogP contribution in [0.3, 0.4) is 0 Å².